The number of aliphatic hydroxyl groups excluding tert-OH is 1. The van der Waals surface area contributed by atoms with Crippen molar-refractivity contribution in [1.29, 1.82) is 0 Å². The second-order valence-electron chi connectivity index (χ2n) is 3.85. The number of aliphatic hydroxyl groups is 1. The Hall–Kier alpha value is -0.120. The van der Waals surface area contributed by atoms with Gasteiger partial charge in [-0.25, -0.2) is 0 Å². The Bertz CT molecular complexity index is 144. The fraction of sp³-hybridized carbons (Fsp3) is 1.00. The maximum atomic E-state index is 9.23. The summed E-state index contributed by atoms with van der Waals surface area (Å²) in [7, 11) is 0. The van der Waals surface area contributed by atoms with Gasteiger partial charge in [-0.15, -0.1) is 0 Å². The third kappa shape index (κ3) is 2.66. The van der Waals surface area contributed by atoms with E-state index in [1.54, 1.807) is 0 Å². The van der Waals surface area contributed by atoms with Gasteiger partial charge in [0.15, 0.2) is 0 Å². The Labute approximate surface area is 80.5 Å². The molecule has 1 saturated carbocycles. The van der Waals surface area contributed by atoms with E-state index in [4.69, 9.17) is 4.74 Å². The summed E-state index contributed by atoms with van der Waals surface area (Å²) >= 11 is 0. The summed E-state index contributed by atoms with van der Waals surface area (Å²) in [5, 5.41) is 12.6. The molecule has 1 aliphatic carbocycles. The Morgan fingerprint density at radius 3 is 2.62 bits per heavy atom. The van der Waals surface area contributed by atoms with Crippen molar-refractivity contribution in [3.8, 4) is 0 Å². The van der Waals surface area contributed by atoms with Gasteiger partial charge in [0.05, 0.1) is 12.7 Å². The fourth-order valence-electron chi connectivity index (χ4n) is 1.88. The third-order valence-electron chi connectivity index (χ3n) is 2.69. The molecule has 78 valence electrons. The van der Waals surface area contributed by atoms with Crippen molar-refractivity contribution in [2.24, 2.45) is 0 Å². The molecule has 0 aliphatic heterocycles. The zero-order chi connectivity index (χ0) is 9.73. The maximum Gasteiger partial charge on any atom is 0.0615 e. The highest BCUT2D eigenvalue weighted by atomic mass is 16.5. The molecule has 0 aromatic rings. The molecule has 0 saturated heterocycles. The van der Waals surface area contributed by atoms with Crippen LogP contribution in [0.25, 0.3) is 0 Å². The second kappa shape index (κ2) is 4.94. The highest BCUT2D eigenvalue weighted by molar-refractivity contribution is 5.01. The van der Waals surface area contributed by atoms with Gasteiger partial charge in [0.2, 0.25) is 0 Å². The van der Waals surface area contributed by atoms with E-state index in [1.165, 1.54) is 0 Å². The van der Waals surface area contributed by atoms with Crippen LogP contribution in [0.3, 0.4) is 0 Å². The standard InChI is InChI=1S/C10H21NO2/c1-3-5-11-10(8-12)6-9(7-10)13-4-2/h9,11-12H,3-8H2,1-2H3. The molecule has 0 heterocycles. The smallest absolute Gasteiger partial charge is 0.0615 e. The molecule has 0 bridgehead atoms. The van der Waals surface area contributed by atoms with Crippen LogP contribution in [0, 0.1) is 0 Å². The molecular formula is C10H21NO2. The number of hydrogen-bond donors (Lipinski definition) is 2. The van der Waals surface area contributed by atoms with E-state index in [9.17, 15) is 5.11 Å². The summed E-state index contributed by atoms with van der Waals surface area (Å²) in [5.74, 6) is 0. The summed E-state index contributed by atoms with van der Waals surface area (Å²) in [6.45, 7) is 6.14. The van der Waals surface area contributed by atoms with Crippen LogP contribution in [0.2, 0.25) is 0 Å². The van der Waals surface area contributed by atoms with Crippen molar-refractivity contribution >= 4 is 0 Å². The molecule has 1 rings (SSSR count). The average Bonchev–Trinajstić information content (AvgIpc) is 2.09. The van der Waals surface area contributed by atoms with E-state index in [0.717, 1.165) is 32.4 Å². The zero-order valence-corrected chi connectivity index (χ0v) is 8.68. The van der Waals surface area contributed by atoms with Crippen LogP contribution in [0.4, 0.5) is 0 Å². The normalized spacial score (nSPS) is 33.0. The number of ether oxygens (including phenoxy) is 1. The van der Waals surface area contributed by atoms with E-state index in [-0.39, 0.29) is 12.1 Å². The van der Waals surface area contributed by atoms with Crippen LogP contribution >= 0.6 is 0 Å². The molecule has 1 fully saturated rings. The zero-order valence-electron chi connectivity index (χ0n) is 8.68. The molecule has 0 aromatic carbocycles. The Balaban J connectivity index is 2.23. The van der Waals surface area contributed by atoms with Crippen molar-refractivity contribution in [2.45, 2.75) is 44.8 Å². The van der Waals surface area contributed by atoms with Gasteiger partial charge in [0.1, 0.15) is 0 Å². The summed E-state index contributed by atoms with van der Waals surface area (Å²) < 4.78 is 5.46. The van der Waals surface area contributed by atoms with Crippen LogP contribution in [-0.4, -0.2) is 36.5 Å². The maximum absolute atomic E-state index is 9.23. The third-order valence-corrected chi connectivity index (χ3v) is 2.69. The predicted octanol–water partition coefficient (Wildman–Crippen LogP) is 0.916. The van der Waals surface area contributed by atoms with Gasteiger partial charge >= 0.3 is 0 Å². The molecule has 1 aliphatic rings. The minimum atomic E-state index is -0.0319. The lowest BCUT2D eigenvalue weighted by Gasteiger charge is -2.46. The van der Waals surface area contributed by atoms with Crippen LogP contribution in [-0.2, 0) is 4.74 Å². The van der Waals surface area contributed by atoms with Crippen molar-refractivity contribution < 1.29 is 9.84 Å². The highest BCUT2D eigenvalue weighted by Gasteiger charge is 2.43. The molecule has 3 heteroatoms. The molecule has 0 atom stereocenters. The molecule has 0 spiro atoms. The Morgan fingerprint density at radius 2 is 2.15 bits per heavy atom. The van der Waals surface area contributed by atoms with Gasteiger partial charge in [-0.05, 0) is 32.7 Å². The van der Waals surface area contributed by atoms with E-state index in [0.29, 0.717) is 6.10 Å². The monoisotopic (exact) mass is 187 g/mol. The van der Waals surface area contributed by atoms with Crippen molar-refractivity contribution in [3.05, 3.63) is 0 Å². The Kier molecular flexibility index (Phi) is 4.16. The minimum absolute atomic E-state index is 0.0319. The van der Waals surface area contributed by atoms with E-state index < -0.39 is 0 Å². The largest absolute Gasteiger partial charge is 0.394 e. The first-order valence-electron chi connectivity index (χ1n) is 5.24. The van der Waals surface area contributed by atoms with Gasteiger partial charge < -0.3 is 15.2 Å². The van der Waals surface area contributed by atoms with Crippen molar-refractivity contribution in [2.75, 3.05) is 19.8 Å². The summed E-state index contributed by atoms with van der Waals surface area (Å²) in [6.07, 6.45) is 3.39. The van der Waals surface area contributed by atoms with Crippen LogP contribution < -0.4 is 5.32 Å². The molecule has 0 amide bonds. The average molecular weight is 187 g/mol. The first-order valence-corrected chi connectivity index (χ1v) is 5.24. The molecule has 0 unspecified atom stereocenters. The fourth-order valence-corrected chi connectivity index (χ4v) is 1.88. The van der Waals surface area contributed by atoms with Gasteiger partial charge in [-0.2, -0.15) is 0 Å². The van der Waals surface area contributed by atoms with Crippen molar-refractivity contribution in [1.82, 2.24) is 5.32 Å². The first kappa shape index (κ1) is 11.0. The second-order valence-corrected chi connectivity index (χ2v) is 3.85. The van der Waals surface area contributed by atoms with Gasteiger partial charge in [-0.1, -0.05) is 6.92 Å². The molecule has 3 nitrogen and oxygen atoms in total. The minimum Gasteiger partial charge on any atom is -0.394 e. The quantitative estimate of drug-likeness (QED) is 0.649. The van der Waals surface area contributed by atoms with Gasteiger partial charge in [-0.3, -0.25) is 0 Å². The SMILES string of the molecule is CCCNC1(CO)CC(OCC)C1. The van der Waals surface area contributed by atoms with Crippen LogP contribution in [0.15, 0.2) is 0 Å². The number of nitrogens with one attached hydrogen (secondary N) is 1. The topological polar surface area (TPSA) is 41.5 Å². The predicted molar refractivity (Wildman–Crippen MR) is 52.8 cm³/mol. The number of rotatable bonds is 6. The lowest BCUT2D eigenvalue weighted by Crippen LogP contribution is -2.60. The summed E-state index contributed by atoms with van der Waals surface area (Å²) in [4.78, 5) is 0. The molecular weight excluding hydrogens is 166 g/mol. The van der Waals surface area contributed by atoms with Gasteiger partial charge in [0, 0.05) is 12.1 Å². The van der Waals surface area contributed by atoms with Crippen LogP contribution in [0.1, 0.15) is 33.1 Å². The van der Waals surface area contributed by atoms with E-state index in [2.05, 4.69) is 12.2 Å². The van der Waals surface area contributed by atoms with Crippen LogP contribution in [0.5, 0.6) is 0 Å². The number of hydrogen-bond acceptors (Lipinski definition) is 3. The lowest BCUT2D eigenvalue weighted by atomic mass is 9.74. The molecule has 0 aromatic heterocycles. The van der Waals surface area contributed by atoms with E-state index in [1.807, 2.05) is 6.92 Å². The van der Waals surface area contributed by atoms with Gasteiger partial charge in [0.25, 0.3) is 0 Å². The summed E-state index contributed by atoms with van der Waals surface area (Å²) in [6, 6.07) is 0. The first-order chi connectivity index (χ1) is 6.26. The van der Waals surface area contributed by atoms with Crippen molar-refractivity contribution in [3.63, 3.8) is 0 Å². The molecule has 2 N–H and O–H groups in total. The summed E-state index contributed by atoms with van der Waals surface area (Å²) in [5.41, 5.74) is -0.0319. The lowest BCUT2D eigenvalue weighted by molar-refractivity contribution is -0.0689. The highest BCUT2D eigenvalue weighted by Crippen LogP contribution is 2.34. The Morgan fingerprint density at radius 1 is 1.46 bits per heavy atom. The van der Waals surface area contributed by atoms with E-state index >= 15 is 0 Å². The molecule has 0 radical (unpaired) electrons. The molecule has 13 heavy (non-hydrogen) atoms.